The van der Waals surface area contributed by atoms with Crippen LogP contribution in [0.2, 0.25) is 5.02 Å². The van der Waals surface area contributed by atoms with Crippen LogP contribution in [0.1, 0.15) is 25.2 Å². The zero-order chi connectivity index (χ0) is 14.9. The molecule has 0 saturated heterocycles. The van der Waals surface area contributed by atoms with Crippen molar-refractivity contribution in [3.8, 4) is 11.4 Å². The summed E-state index contributed by atoms with van der Waals surface area (Å²) in [7, 11) is 0. The molecular weight excluding hydrogens is 294 g/mol. The van der Waals surface area contributed by atoms with E-state index in [-0.39, 0.29) is 6.54 Å². The first kappa shape index (κ1) is 14.0. The van der Waals surface area contributed by atoms with Crippen LogP contribution in [0.15, 0.2) is 28.8 Å². The van der Waals surface area contributed by atoms with Gasteiger partial charge in [-0.2, -0.15) is 4.98 Å². The maximum atomic E-state index is 11.2. The van der Waals surface area contributed by atoms with Gasteiger partial charge in [0.2, 0.25) is 11.7 Å². The number of carboxylic acids is 1. The lowest BCUT2D eigenvalue weighted by Crippen LogP contribution is -2.56. The van der Waals surface area contributed by atoms with E-state index in [1.807, 2.05) is 12.1 Å². The van der Waals surface area contributed by atoms with Crippen molar-refractivity contribution in [3.05, 3.63) is 35.2 Å². The Hall–Kier alpha value is -1.92. The molecule has 1 fully saturated rings. The maximum Gasteiger partial charge on any atom is 0.323 e. The van der Waals surface area contributed by atoms with Crippen molar-refractivity contribution in [2.24, 2.45) is 0 Å². The van der Waals surface area contributed by atoms with Gasteiger partial charge in [-0.25, -0.2) is 0 Å². The topological polar surface area (TPSA) is 88.2 Å². The lowest BCUT2D eigenvalue weighted by atomic mass is 9.77. The van der Waals surface area contributed by atoms with E-state index in [4.69, 9.17) is 16.1 Å². The van der Waals surface area contributed by atoms with Gasteiger partial charge in [0.05, 0.1) is 11.6 Å². The molecule has 1 aliphatic rings. The monoisotopic (exact) mass is 307 g/mol. The van der Waals surface area contributed by atoms with Gasteiger partial charge in [0, 0.05) is 5.56 Å². The summed E-state index contributed by atoms with van der Waals surface area (Å²) < 4.78 is 5.14. The number of nitrogens with zero attached hydrogens (tertiary/aromatic N) is 2. The van der Waals surface area contributed by atoms with Crippen LogP contribution < -0.4 is 5.32 Å². The SMILES string of the molecule is O=C(O)C1(NCc2nc(-c3ccccc3Cl)no2)CCC1. The van der Waals surface area contributed by atoms with E-state index in [2.05, 4.69) is 15.5 Å². The van der Waals surface area contributed by atoms with Crippen molar-refractivity contribution in [2.75, 3.05) is 0 Å². The van der Waals surface area contributed by atoms with E-state index >= 15 is 0 Å². The molecule has 1 saturated carbocycles. The Balaban J connectivity index is 1.71. The average molecular weight is 308 g/mol. The van der Waals surface area contributed by atoms with Crippen LogP contribution in [0.25, 0.3) is 11.4 Å². The first-order valence-corrected chi connectivity index (χ1v) is 7.04. The molecule has 2 N–H and O–H groups in total. The molecule has 0 atom stereocenters. The van der Waals surface area contributed by atoms with Crippen molar-refractivity contribution < 1.29 is 14.4 Å². The predicted molar refractivity (Wildman–Crippen MR) is 75.8 cm³/mol. The molecule has 0 unspecified atom stereocenters. The standard InChI is InChI=1S/C14H14ClN3O3/c15-10-5-2-1-4-9(10)12-17-11(21-18-12)8-16-14(13(19)20)6-3-7-14/h1-2,4-5,16H,3,6-8H2,(H,19,20). The molecule has 110 valence electrons. The van der Waals surface area contributed by atoms with Crippen LogP contribution in [-0.4, -0.2) is 26.8 Å². The highest BCUT2D eigenvalue weighted by molar-refractivity contribution is 6.33. The molecular formula is C14H14ClN3O3. The summed E-state index contributed by atoms with van der Waals surface area (Å²) in [5.74, 6) is -0.0904. The van der Waals surface area contributed by atoms with E-state index in [0.29, 0.717) is 35.1 Å². The predicted octanol–water partition coefficient (Wildman–Crippen LogP) is 2.49. The van der Waals surface area contributed by atoms with Gasteiger partial charge in [-0.3, -0.25) is 10.1 Å². The largest absolute Gasteiger partial charge is 0.480 e. The molecule has 1 aromatic heterocycles. The average Bonchev–Trinajstić information content (AvgIpc) is 2.86. The fourth-order valence-corrected chi connectivity index (χ4v) is 2.54. The Bertz CT molecular complexity index is 667. The number of carbonyl (C=O) groups is 1. The van der Waals surface area contributed by atoms with Crippen LogP contribution in [0.4, 0.5) is 0 Å². The second-order valence-corrected chi connectivity index (χ2v) is 5.49. The van der Waals surface area contributed by atoms with Crippen LogP contribution in [-0.2, 0) is 11.3 Å². The fourth-order valence-electron chi connectivity index (χ4n) is 2.32. The molecule has 6 nitrogen and oxygen atoms in total. The number of benzene rings is 1. The quantitative estimate of drug-likeness (QED) is 0.882. The Morgan fingerprint density at radius 2 is 2.19 bits per heavy atom. The van der Waals surface area contributed by atoms with Crippen molar-refractivity contribution in [1.29, 1.82) is 0 Å². The number of halogens is 1. The lowest BCUT2D eigenvalue weighted by Gasteiger charge is -2.38. The highest BCUT2D eigenvalue weighted by Gasteiger charge is 2.44. The second kappa shape index (κ2) is 5.46. The van der Waals surface area contributed by atoms with Crippen LogP contribution >= 0.6 is 11.6 Å². The number of rotatable bonds is 5. The van der Waals surface area contributed by atoms with Crippen molar-refractivity contribution in [3.63, 3.8) is 0 Å². The molecule has 3 rings (SSSR count). The molecule has 0 amide bonds. The first-order chi connectivity index (χ1) is 10.1. The lowest BCUT2D eigenvalue weighted by molar-refractivity contribution is -0.149. The third-order valence-corrected chi connectivity index (χ3v) is 4.11. The summed E-state index contributed by atoms with van der Waals surface area (Å²) in [6, 6.07) is 7.21. The Morgan fingerprint density at radius 3 is 2.81 bits per heavy atom. The van der Waals surface area contributed by atoms with E-state index in [9.17, 15) is 9.90 Å². The Morgan fingerprint density at radius 1 is 1.43 bits per heavy atom. The van der Waals surface area contributed by atoms with E-state index in [0.717, 1.165) is 6.42 Å². The van der Waals surface area contributed by atoms with Gasteiger partial charge in [0.25, 0.3) is 0 Å². The number of aliphatic carboxylic acids is 1. The zero-order valence-corrected chi connectivity index (χ0v) is 11.9. The van der Waals surface area contributed by atoms with Gasteiger partial charge in [0.15, 0.2) is 0 Å². The molecule has 1 aliphatic carbocycles. The molecule has 1 aromatic carbocycles. The highest BCUT2D eigenvalue weighted by atomic mass is 35.5. The van der Waals surface area contributed by atoms with E-state index in [1.54, 1.807) is 12.1 Å². The molecule has 0 aliphatic heterocycles. The summed E-state index contributed by atoms with van der Waals surface area (Å²) in [6.45, 7) is 0.226. The van der Waals surface area contributed by atoms with Crippen LogP contribution in [0.3, 0.4) is 0 Å². The summed E-state index contributed by atoms with van der Waals surface area (Å²) >= 11 is 6.08. The molecule has 0 spiro atoms. The molecule has 0 bridgehead atoms. The Kier molecular flexibility index (Phi) is 3.65. The number of carboxylic acid groups (broad SMARTS) is 1. The number of aromatic nitrogens is 2. The van der Waals surface area contributed by atoms with Gasteiger partial charge in [-0.05, 0) is 31.4 Å². The number of hydrogen-bond acceptors (Lipinski definition) is 5. The normalized spacial score (nSPS) is 16.4. The van der Waals surface area contributed by atoms with Gasteiger partial charge >= 0.3 is 5.97 Å². The van der Waals surface area contributed by atoms with Crippen molar-refractivity contribution in [1.82, 2.24) is 15.5 Å². The minimum atomic E-state index is -0.848. The zero-order valence-electron chi connectivity index (χ0n) is 11.2. The third kappa shape index (κ3) is 2.64. The molecule has 1 heterocycles. The summed E-state index contributed by atoms with van der Waals surface area (Å²) in [6.07, 6.45) is 2.15. The van der Waals surface area contributed by atoms with Crippen LogP contribution in [0, 0.1) is 0 Å². The first-order valence-electron chi connectivity index (χ1n) is 6.67. The van der Waals surface area contributed by atoms with Gasteiger partial charge < -0.3 is 9.63 Å². The number of nitrogens with one attached hydrogen (secondary N) is 1. The van der Waals surface area contributed by atoms with E-state index in [1.165, 1.54) is 0 Å². The van der Waals surface area contributed by atoms with E-state index < -0.39 is 11.5 Å². The third-order valence-electron chi connectivity index (χ3n) is 3.78. The molecule has 21 heavy (non-hydrogen) atoms. The van der Waals surface area contributed by atoms with Crippen LogP contribution in [0.5, 0.6) is 0 Å². The van der Waals surface area contributed by atoms with Gasteiger partial charge in [-0.1, -0.05) is 28.9 Å². The summed E-state index contributed by atoms with van der Waals surface area (Å²) in [5, 5.41) is 16.7. The van der Waals surface area contributed by atoms with Gasteiger partial charge in [0.1, 0.15) is 5.54 Å². The Labute approximate surface area is 126 Å². The minimum absolute atomic E-state index is 0.226. The second-order valence-electron chi connectivity index (χ2n) is 5.09. The minimum Gasteiger partial charge on any atom is -0.480 e. The summed E-state index contributed by atoms with van der Waals surface area (Å²) in [4.78, 5) is 15.5. The van der Waals surface area contributed by atoms with Crippen molar-refractivity contribution in [2.45, 2.75) is 31.3 Å². The fraction of sp³-hybridized carbons (Fsp3) is 0.357. The smallest absolute Gasteiger partial charge is 0.323 e. The number of hydrogen-bond donors (Lipinski definition) is 2. The van der Waals surface area contributed by atoms with Crippen molar-refractivity contribution >= 4 is 17.6 Å². The maximum absolute atomic E-state index is 11.2. The van der Waals surface area contributed by atoms with Gasteiger partial charge in [-0.15, -0.1) is 0 Å². The summed E-state index contributed by atoms with van der Waals surface area (Å²) in [5.41, 5.74) is -0.162. The molecule has 0 radical (unpaired) electrons. The highest BCUT2D eigenvalue weighted by Crippen LogP contribution is 2.32. The molecule has 7 heteroatoms. The molecule has 2 aromatic rings.